The molecule has 6 heteroatoms. The second-order valence-electron chi connectivity index (χ2n) is 7.77. The molecule has 0 unspecified atom stereocenters. The van der Waals surface area contributed by atoms with Gasteiger partial charge in [-0.3, -0.25) is 4.79 Å². The minimum absolute atomic E-state index is 0.0214. The molecule has 0 N–H and O–H groups in total. The van der Waals surface area contributed by atoms with E-state index < -0.39 is 0 Å². The molecule has 1 aromatic carbocycles. The summed E-state index contributed by atoms with van der Waals surface area (Å²) < 4.78 is 2.29. The highest BCUT2D eigenvalue weighted by molar-refractivity contribution is 6.30. The summed E-state index contributed by atoms with van der Waals surface area (Å²) in [4.78, 5) is 24.7. The largest absolute Gasteiger partial charge is 0.331 e. The fraction of sp³-hybridized carbons (Fsp3) is 0.435. The molecule has 3 aromatic rings. The van der Waals surface area contributed by atoms with Crippen LogP contribution in [0.15, 0.2) is 42.6 Å². The van der Waals surface area contributed by atoms with E-state index in [4.69, 9.17) is 16.6 Å². The Hall–Kier alpha value is -2.40. The molecular formula is C23H27ClN4O. The van der Waals surface area contributed by atoms with Crippen molar-refractivity contribution in [2.45, 2.75) is 58.0 Å². The first-order valence-corrected chi connectivity index (χ1v) is 10.9. The first kappa shape index (κ1) is 19.9. The summed E-state index contributed by atoms with van der Waals surface area (Å²) >= 11 is 6.00. The van der Waals surface area contributed by atoms with E-state index >= 15 is 0 Å². The number of imidazole rings is 1. The zero-order valence-corrected chi connectivity index (χ0v) is 17.6. The van der Waals surface area contributed by atoms with Crippen molar-refractivity contribution in [3.05, 3.63) is 59.0 Å². The topological polar surface area (TPSA) is 51.0 Å². The number of nitrogens with zero attached hydrogens (tertiary/aromatic N) is 4. The summed E-state index contributed by atoms with van der Waals surface area (Å²) in [5.41, 5.74) is 2.50. The summed E-state index contributed by atoms with van der Waals surface area (Å²) in [7, 11) is 0. The third kappa shape index (κ3) is 4.30. The van der Waals surface area contributed by atoms with E-state index in [9.17, 15) is 4.79 Å². The van der Waals surface area contributed by atoms with Gasteiger partial charge in [0, 0.05) is 29.4 Å². The molecule has 0 atom stereocenters. The van der Waals surface area contributed by atoms with Gasteiger partial charge in [0.25, 0.3) is 5.91 Å². The van der Waals surface area contributed by atoms with Gasteiger partial charge in [0.1, 0.15) is 11.3 Å². The highest BCUT2D eigenvalue weighted by atomic mass is 35.5. The standard InChI is InChI=1S/C23H27ClN4O/c1-2-3-15-27(23(29)17-10-12-18(24)13-11-17)16-21-26-20-9-6-14-25-22(20)28(21)19-7-4-5-8-19/h6,9-14,19H,2-5,7-8,15-16H2,1H3. The number of pyridine rings is 1. The molecule has 1 amide bonds. The van der Waals surface area contributed by atoms with Crippen LogP contribution < -0.4 is 0 Å². The van der Waals surface area contributed by atoms with Gasteiger partial charge in [0.15, 0.2) is 5.65 Å². The van der Waals surface area contributed by atoms with E-state index in [2.05, 4.69) is 16.5 Å². The molecule has 1 saturated carbocycles. The molecular weight excluding hydrogens is 384 g/mol. The van der Waals surface area contributed by atoms with Gasteiger partial charge >= 0.3 is 0 Å². The summed E-state index contributed by atoms with van der Waals surface area (Å²) in [6.45, 7) is 3.34. The van der Waals surface area contributed by atoms with Gasteiger partial charge < -0.3 is 9.47 Å². The van der Waals surface area contributed by atoms with Crippen LogP contribution in [0.1, 0.15) is 67.7 Å². The minimum Gasteiger partial charge on any atom is -0.331 e. The van der Waals surface area contributed by atoms with Crippen molar-refractivity contribution in [3.8, 4) is 0 Å². The van der Waals surface area contributed by atoms with Gasteiger partial charge in [-0.05, 0) is 55.7 Å². The maximum Gasteiger partial charge on any atom is 0.254 e. The fourth-order valence-electron chi connectivity index (χ4n) is 4.18. The van der Waals surface area contributed by atoms with Crippen LogP contribution in [0.5, 0.6) is 0 Å². The average molecular weight is 411 g/mol. The Morgan fingerprint density at radius 1 is 1.21 bits per heavy atom. The quantitative estimate of drug-likeness (QED) is 0.506. The molecule has 1 aliphatic rings. The molecule has 2 aromatic heterocycles. The third-order valence-electron chi connectivity index (χ3n) is 5.70. The van der Waals surface area contributed by atoms with Crippen LogP contribution in [-0.2, 0) is 6.54 Å². The minimum atomic E-state index is 0.0214. The lowest BCUT2D eigenvalue weighted by Crippen LogP contribution is -2.33. The van der Waals surface area contributed by atoms with Crippen molar-refractivity contribution in [1.29, 1.82) is 0 Å². The number of benzene rings is 1. The SMILES string of the molecule is CCCCN(Cc1nc2cccnc2n1C1CCCC1)C(=O)c1ccc(Cl)cc1. The second-order valence-corrected chi connectivity index (χ2v) is 8.21. The zero-order chi connectivity index (χ0) is 20.2. The van der Waals surface area contributed by atoms with Gasteiger partial charge in [-0.1, -0.05) is 37.8 Å². The highest BCUT2D eigenvalue weighted by Gasteiger charge is 2.25. The molecule has 0 radical (unpaired) electrons. The van der Waals surface area contributed by atoms with Crippen molar-refractivity contribution in [2.75, 3.05) is 6.54 Å². The number of carbonyl (C=O) groups excluding carboxylic acids is 1. The predicted molar refractivity (Wildman–Crippen MR) is 116 cm³/mol. The van der Waals surface area contributed by atoms with Gasteiger partial charge in [-0.15, -0.1) is 0 Å². The van der Waals surface area contributed by atoms with Crippen LogP contribution in [0.25, 0.3) is 11.2 Å². The van der Waals surface area contributed by atoms with E-state index in [-0.39, 0.29) is 5.91 Å². The van der Waals surface area contributed by atoms with Crippen LogP contribution in [0, 0.1) is 0 Å². The van der Waals surface area contributed by atoms with E-state index in [1.165, 1.54) is 12.8 Å². The molecule has 152 valence electrons. The number of halogens is 1. The molecule has 1 fully saturated rings. The molecule has 0 aliphatic heterocycles. The lowest BCUT2D eigenvalue weighted by molar-refractivity contribution is 0.0734. The molecule has 4 rings (SSSR count). The van der Waals surface area contributed by atoms with E-state index in [1.54, 1.807) is 24.3 Å². The number of aromatic nitrogens is 3. The molecule has 0 saturated heterocycles. The number of unbranched alkanes of at least 4 members (excludes halogenated alkanes) is 1. The number of carbonyl (C=O) groups is 1. The Morgan fingerprint density at radius 2 is 1.97 bits per heavy atom. The highest BCUT2D eigenvalue weighted by Crippen LogP contribution is 2.33. The Balaban J connectivity index is 1.68. The van der Waals surface area contributed by atoms with Crippen molar-refractivity contribution < 1.29 is 4.79 Å². The van der Waals surface area contributed by atoms with Crippen molar-refractivity contribution in [3.63, 3.8) is 0 Å². The van der Waals surface area contributed by atoms with E-state index in [0.29, 0.717) is 29.7 Å². The van der Waals surface area contributed by atoms with Gasteiger partial charge in [-0.25, -0.2) is 9.97 Å². The fourth-order valence-corrected chi connectivity index (χ4v) is 4.31. The first-order chi connectivity index (χ1) is 14.2. The lowest BCUT2D eigenvalue weighted by Gasteiger charge is -2.24. The van der Waals surface area contributed by atoms with Gasteiger partial charge in [0.2, 0.25) is 0 Å². The van der Waals surface area contributed by atoms with E-state index in [1.807, 2.05) is 23.2 Å². The molecule has 0 bridgehead atoms. The number of amides is 1. The zero-order valence-electron chi connectivity index (χ0n) is 16.9. The Morgan fingerprint density at radius 3 is 2.69 bits per heavy atom. The number of rotatable bonds is 7. The van der Waals surface area contributed by atoms with Crippen molar-refractivity contribution >= 4 is 28.7 Å². The summed E-state index contributed by atoms with van der Waals surface area (Å²) in [6, 6.07) is 11.5. The maximum atomic E-state index is 13.2. The molecule has 1 aliphatic carbocycles. The average Bonchev–Trinajstić information content (AvgIpc) is 3.38. The summed E-state index contributed by atoms with van der Waals surface area (Å²) in [5.74, 6) is 0.956. The smallest absolute Gasteiger partial charge is 0.254 e. The van der Waals surface area contributed by atoms with Gasteiger partial charge in [-0.2, -0.15) is 0 Å². The van der Waals surface area contributed by atoms with Gasteiger partial charge in [0.05, 0.1) is 6.54 Å². The van der Waals surface area contributed by atoms with E-state index in [0.717, 1.165) is 42.7 Å². The van der Waals surface area contributed by atoms with Crippen molar-refractivity contribution in [2.24, 2.45) is 0 Å². The summed E-state index contributed by atoms with van der Waals surface area (Å²) in [5, 5.41) is 0.635. The molecule has 2 heterocycles. The Bertz CT molecular complexity index is 976. The normalized spacial score (nSPS) is 14.6. The Kier molecular flexibility index (Phi) is 6.14. The monoisotopic (exact) mass is 410 g/mol. The maximum absolute atomic E-state index is 13.2. The van der Waals surface area contributed by atoms with Crippen LogP contribution in [0.3, 0.4) is 0 Å². The third-order valence-corrected chi connectivity index (χ3v) is 5.96. The molecule has 0 spiro atoms. The molecule has 5 nitrogen and oxygen atoms in total. The first-order valence-electron chi connectivity index (χ1n) is 10.5. The summed E-state index contributed by atoms with van der Waals surface area (Å²) in [6.07, 6.45) is 8.59. The predicted octanol–water partition coefficient (Wildman–Crippen LogP) is 5.64. The van der Waals surface area contributed by atoms with Crippen LogP contribution >= 0.6 is 11.6 Å². The van der Waals surface area contributed by atoms with Crippen LogP contribution in [0.4, 0.5) is 0 Å². The number of fused-ring (bicyclic) bond motifs is 1. The number of hydrogen-bond donors (Lipinski definition) is 0. The molecule has 29 heavy (non-hydrogen) atoms. The van der Waals surface area contributed by atoms with Crippen LogP contribution in [-0.4, -0.2) is 31.9 Å². The van der Waals surface area contributed by atoms with Crippen molar-refractivity contribution in [1.82, 2.24) is 19.4 Å². The second kappa shape index (κ2) is 8.95. The van der Waals surface area contributed by atoms with Crippen LogP contribution in [0.2, 0.25) is 5.02 Å². The number of hydrogen-bond acceptors (Lipinski definition) is 3. The lowest BCUT2D eigenvalue weighted by atomic mass is 10.2. The Labute approximate surface area is 176 Å².